The molecular formula is C11H19NO5S2. The summed E-state index contributed by atoms with van der Waals surface area (Å²) in [6, 6.07) is 3.10. The lowest BCUT2D eigenvalue weighted by Gasteiger charge is -2.05. The molecule has 0 aliphatic carbocycles. The normalized spacial score (nSPS) is 11.9. The zero-order valence-corrected chi connectivity index (χ0v) is 12.4. The Kier molecular flexibility index (Phi) is 7.51. The molecule has 0 fully saturated rings. The molecule has 1 aromatic rings. The molecule has 1 heterocycles. The first kappa shape index (κ1) is 16.5. The lowest BCUT2D eigenvalue weighted by molar-refractivity contribution is 0.0699. The predicted octanol–water partition coefficient (Wildman–Crippen LogP) is 0.572. The molecule has 110 valence electrons. The molecule has 19 heavy (non-hydrogen) atoms. The van der Waals surface area contributed by atoms with Gasteiger partial charge in [-0.25, -0.2) is 13.1 Å². The summed E-state index contributed by atoms with van der Waals surface area (Å²) in [5.41, 5.74) is 0. The minimum absolute atomic E-state index is 0.145. The van der Waals surface area contributed by atoms with Crippen molar-refractivity contribution >= 4 is 21.4 Å². The van der Waals surface area contributed by atoms with Crippen LogP contribution in [-0.2, 0) is 26.1 Å². The van der Waals surface area contributed by atoms with E-state index in [9.17, 15) is 8.42 Å². The number of rotatable bonds is 10. The molecule has 0 aliphatic heterocycles. The summed E-state index contributed by atoms with van der Waals surface area (Å²) in [5, 5.41) is 8.90. The number of hydrogen-bond donors (Lipinski definition) is 2. The highest BCUT2D eigenvalue weighted by Gasteiger charge is 2.15. The lowest BCUT2D eigenvalue weighted by Crippen LogP contribution is -2.25. The summed E-state index contributed by atoms with van der Waals surface area (Å²) in [6.07, 6.45) is 0.598. The number of methoxy groups -OCH3 is 1. The fraction of sp³-hybridized carbons (Fsp3) is 0.636. The van der Waals surface area contributed by atoms with E-state index in [0.29, 0.717) is 37.7 Å². The SMILES string of the molecule is COCCOCCCNS(=O)(=O)c1ccc(CO)s1. The van der Waals surface area contributed by atoms with Gasteiger partial charge in [-0.1, -0.05) is 0 Å². The number of hydrogen-bond acceptors (Lipinski definition) is 6. The molecule has 0 bridgehead atoms. The Morgan fingerprint density at radius 1 is 1.32 bits per heavy atom. The summed E-state index contributed by atoms with van der Waals surface area (Å²) in [7, 11) is -1.87. The number of sulfonamides is 1. The van der Waals surface area contributed by atoms with E-state index in [2.05, 4.69) is 4.72 Å². The van der Waals surface area contributed by atoms with Crippen LogP contribution in [0.15, 0.2) is 16.3 Å². The van der Waals surface area contributed by atoms with Crippen molar-refractivity contribution in [1.29, 1.82) is 0 Å². The van der Waals surface area contributed by atoms with Gasteiger partial charge in [-0.15, -0.1) is 11.3 Å². The third-order valence-electron chi connectivity index (χ3n) is 2.25. The fourth-order valence-electron chi connectivity index (χ4n) is 1.28. The smallest absolute Gasteiger partial charge is 0.250 e. The van der Waals surface area contributed by atoms with Crippen molar-refractivity contribution < 1.29 is 23.0 Å². The highest BCUT2D eigenvalue weighted by molar-refractivity contribution is 7.91. The molecule has 0 saturated heterocycles. The minimum Gasteiger partial charge on any atom is -0.391 e. The van der Waals surface area contributed by atoms with Gasteiger partial charge in [0.2, 0.25) is 10.0 Å². The van der Waals surface area contributed by atoms with Gasteiger partial charge in [0.1, 0.15) is 4.21 Å². The first-order valence-electron chi connectivity index (χ1n) is 5.86. The van der Waals surface area contributed by atoms with Gasteiger partial charge in [-0.2, -0.15) is 0 Å². The van der Waals surface area contributed by atoms with Crippen LogP contribution in [0, 0.1) is 0 Å². The molecule has 0 saturated carbocycles. The van der Waals surface area contributed by atoms with Crippen molar-refractivity contribution in [2.24, 2.45) is 0 Å². The zero-order valence-electron chi connectivity index (χ0n) is 10.8. The van der Waals surface area contributed by atoms with Crippen LogP contribution in [0.25, 0.3) is 0 Å². The molecule has 1 aromatic heterocycles. The van der Waals surface area contributed by atoms with E-state index in [4.69, 9.17) is 14.6 Å². The number of nitrogens with one attached hydrogen (secondary N) is 1. The summed E-state index contributed by atoms with van der Waals surface area (Å²) < 4.78 is 36.5. The molecule has 8 heteroatoms. The molecule has 6 nitrogen and oxygen atoms in total. The molecule has 0 aromatic carbocycles. The van der Waals surface area contributed by atoms with E-state index in [1.165, 1.54) is 6.07 Å². The van der Waals surface area contributed by atoms with Crippen molar-refractivity contribution in [3.8, 4) is 0 Å². The average Bonchev–Trinajstić information content (AvgIpc) is 2.87. The second-order valence-electron chi connectivity index (χ2n) is 3.74. The first-order valence-corrected chi connectivity index (χ1v) is 8.16. The van der Waals surface area contributed by atoms with E-state index in [-0.39, 0.29) is 10.8 Å². The van der Waals surface area contributed by atoms with Gasteiger partial charge in [-0.3, -0.25) is 0 Å². The van der Waals surface area contributed by atoms with Crippen LogP contribution in [0.1, 0.15) is 11.3 Å². The van der Waals surface area contributed by atoms with Gasteiger partial charge in [0.25, 0.3) is 0 Å². The molecule has 1 rings (SSSR count). The number of thiophene rings is 1. The molecule has 0 spiro atoms. The zero-order chi connectivity index (χ0) is 14.1. The summed E-state index contributed by atoms with van der Waals surface area (Å²) >= 11 is 1.07. The van der Waals surface area contributed by atoms with Gasteiger partial charge in [0.05, 0.1) is 19.8 Å². The second-order valence-corrected chi connectivity index (χ2v) is 6.90. The molecule has 0 aliphatic rings. The van der Waals surface area contributed by atoms with Crippen molar-refractivity contribution in [2.75, 3.05) is 33.5 Å². The summed E-state index contributed by atoms with van der Waals surface area (Å²) in [4.78, 5) is 0.628. The molecular weight excluding hydrogens is 290 g/mol. The highest BCUT2D eigenvalue weighted by atomic mass is 32.2. The summed E-state index contributed by atoms with van der Waals surface area (Å²) in [6.45, 7) is 1.70. The summed E-state index contributed by atoms with van der Waals surface area (Å²) in [5.74, 6) is 0. The van der Waals surface area contributed by atoms with Crippen LogP contribution in [0.2, 0.25) is 0 Å². The number of aliphatic hydroxyl groups is 1. The molecule has 0 atom stereocenters. The predicted molar refractivity (Wildman–Crippen MR) is 72.7 cm³/mol. The topological polar surface area (TPSA) is 84.9 Å². The Bertz CT molecular complexity index is 457. The second kappa shape index (κ2) is 8.62. The molecule has 0 amide bonds. The number of aliphatic hydroxyl groups excluding tert-OH is 1. The average molecular weight is 309 g/mol. The quantitative estimate of drug-likeness (QED) is 0.617. The van der Waals surface area contributed by atoms with Crippen LogP contribution in [0.5, 0.6) is 0 Å². The van der Waals surface area contributed by atoms with E-state index in [0.717, 1.165) is 11.3 Å². The number of ether oxygens (including phenoxy) is 2. The Hall–Kier alpha value is -0.510. The van der Waals surface area contributed by atoms with Crippen molar-refractivity contribution in [3.63, 3.8) is 0 Å². The third-order valence-corrected chi connectivity index (χ3v) is 5.27. The van der Waals surface area contributed by atoms with Crippen LogP contribution < -0.4 is 4.72 Å². The monoisotopic (exact) mass is 309 g/mol. The van der Waals surface area contributed by atoms with Crippen molar-refractivity contribution in [3.05, 3.63) is 17.0 Å². The fourth-order valence-corrected chi connectivity index (χ4v) is 3.62. The van der Waals surface area contributed by atoms with Gasteiger partial charge in [-0.05, 0) is 18.6 Å². The van der Waals surface area contributed by atoms with E-state index < -0.39 is 10.0 Å². The first-order chi connectivity index (χ1) is 9.10. The third kappa shape index (κ3) is 5.98. The highest BCUT2D eigenvalue weighted by Crippen LogP contribution is 2.21. The largest absolute Gasteiger partial charge is 0.391 e. The van der Waals surface area contributed by atoms with Crippen molar-refractivity contribution in [1.82, 2.24) is 4.72 Å². The van der Waals surface area contributed by atoms with Crippen LogP contribution >= 0.6 is 11.3 Å². The Balaban J connectivity index is 2.27. The molecule has 0 radical (unpaired) electrons. The van der Waals surface area contributed by atoms with E-state index in [1.807, 2.05) is 0 Å². The van der Waals surface area contributed by atoms with Gasteiger partial charge in [0, 0.05) is 25.1 Å². The van der Waals surface area contributed by atoms with Gasteiger partial charge >= 0.3 is 0 Å². The van der Waals surface area contributed by atoms with Crippen LogP contribution in [0.4, 0.5) is 0 Å². The maximum Gasteiger partial charge on any atom is 0.250 e. The Labute approximate surface area is 117 Å². The maximum atomic E-state index is 11.9. The minimum atomic E-state index is -3.47. The van der Waals surface area contributed by atoms with Gasteiger partial charge < -0.3 is 14.6 Å². The Morgan fingerprint density at radius 3 is 2.74 bits per heavy atom. The van der Waals surface area contributed by atoms with Crippen LogP contribution in [0.3, 0.4) is 0 Å². The molecule has 0 unspecified atom stereocenters. The lowest BCUT2D eigenvalue weighted by atomic mass is 10.5. The maximum absolute atomic E-state index is 11.9. The van der Waals surface area contributed by atoms with E-state index in [1.54, 1.807) is 13.2 Å². The molecule has 2 N–H and O–H groups in total. The van der Waals surface area contributed by atoms with Crippen LogP contribution in [-0.4, -0.2) is 47.0 Å². The van der Waals surface area contributed by atoms with Crippen molar-refractivity contribution in [2.45, 2.75) is 17.2 Å². The Morgan fingerprint density at radius 2 is 2.11 bits per heavy atom. The standard InChI is InChI=1S/C11H19NO5S2/c1-16-7-8-17-6-2-5-12-19(14,15)11-4-3-10(9-13)18-11/h3-4,12-13H,2,5-9H2,1H3. The van der Waals surface area contributed by atoms with E-state index >= 15 is 0 Å². The van der Waals surface area contributed by atoms with Gasteiger partial charge in [0.15, 0.2) is 0 Å².